The maximum Gasteiger partial charge on any atom is 0.147 e. The Bertz CT molecular complexity index is 566. The molecular formula is C18H24N2O2. The number of aliphatic hydroxyl groups is 1. The van der Waals surface area contributed by atoms with Crippen LogP contribution in [-0.4, -0.2) is 61.8 Å². The highest BCUT2D eigenvalue weighted by Gasteiger charge is 2.19. The Labute approximate surface area is 132 Å². The van der Waals surface area contributed by atoms with E-state index in [9.17, 15) is 5.11 Å². The van der Waals surface area contributed by atoms with E-state index in [-0.39, 0.29) is 5.76 Å². The molecule has 0 spiro atoms. The first-order chi connectivity index (χ1) is 10.6. The first-order valence-electron chi connectivity index (χ1n) is 7.49. The van der Waals surface area contributed by atoms with Crippen molar-refractivity contribution in [2.75, 3.05) is 46.9 Å². The van der Waals surface area contributed by atoms with Crippen LogP contribution in [0.1, 0.15) is 5.56 Å². The molecule has 0 amide bonds. The van der Waals surface area contributed by atoms with E-state index in [2.05, 4.69) is 17.2 Å². The molecule has 1 saturated heterocycles. The van der Waals surface area contributed by atoms with Gasteiger partial charge in [0.25, 0.3) is 0 Å². The van der Waals surface area contributed by atoms with Crippen molar-refractivity contribution in [1.29, 1.82) is 0 Å². The van der Waals surface area contributed by atoms with Crippen LogP contribution in [0.25, 0.3) is 5.76 Å². The lowest BCUT2D eigenvalue weighted by Crippen LogP contribution is -2.38. The van der Waals surface area contributed by atoms with Gasteiger partial charge in [0.15, 0.2) is 0 Å². The Balaban J connectivity index is 2.30. The minimum Gasteiger partial charge on any atom is -0.505 e. The van der Waals surface area contributed by atoms with Gasteiger partial charge >= 0.3 is 0 Å². The third-order valence-electron chi connectivity index (χ3n) is 3.70. The molecule has 1 aromatic rings. The number of nitrogens with zero attached hydrogens (tertiary/aromatic N) is 2. The second-order valence-electron chi connectivity index (χ2n) is 5.50. The van der Waals surface area contributed by atoms with E-state index >= 15 is 0 Å². The van der Waals surface area contributed by atoms with Crippen molar-refractivity contribution in [1.82, 2.24) is 9.80 Å². The lowest BCUT2D eigenvalue weighted by atomic mass is 10.1. The molecule has 0 radical (unpaired) electrons. The first kappa shape index (κ1) is 16.4. The summed E-state index contributed by atoms with van der Waals surface area (Å²) in [5.74, 6) is 0.255. The molecule has 0 aromatic heterocycles. The number of benzene rings is 1. The fourth-order valence-electron chi connectivity index (χ4n) is 2.55. The zero-order chi connectivity index (χ0) is 15.9. The third kappa shape index (κ3) is 4.01. The second kappa shape index (κ2) is 7.85. The maximum absolute atomic E-state index is 10.7. The van der Waals surface area contributed by atoms with E-state index < -0.39 is 0 Å². The fraction of sp³-hybridized carbons (Fsp3) is 0.389. The largest absolute Gasteiger partial charge is 0.505 e. The normalized spacial score (nSPS) is 16.6. The molecule has 118 valence electrons. The van der Waals surface area contributed by atoms with E-state index in [0.717, 1.165) is 43.1 Å². The molecule has 0 aliphatic carbocycles. The lowest BCUT2D eigenvalue weighted by Gasteiger charge is -2.29. The number of morpholine rings is 1. The van der Waals surface area contributed by atoms with Crippen molar-refractivity contribution in [3.63, 3.8) is 0 Å². The van der Waals surface area contributed by atoms with Gasteiger partial charge in [0.05, 0.1) is 18.9 Å². The summed E-state index contributed by atoms with van der Waals surface area (Å²) in [4.78, 5) is 4.20. The third-order valence-corrected chi connectivity index (χ3v) is 3.70. The summed E-state index contributed by atoms with van der Waals surface area (Å²) in [6.07, 6.45) is 0. The molecular weight excluding hydrogens is 276 g/mol. The minimum absolute atomic E-state index is 0.255. The van der Waals surface area contributed by atoms with E-state index in [1.807, 2.05) is 49.3 Å². The standard InChI is InChI=1S/C18H24N2O2/c1-4-15(14-20-10-12-22-13-11-20)17(19(2)3)18(21)16-8-6-5-7-9-16/h5-9,21H,1,10-14H2,2-3H3/b18-17+. The van der Waals surface area contributed by atoms with Crippen molar-refractivity contribution in [2.24, 2.45) is 0 Å². The Kier molecular flexibility index (Phi) is 5.84. The van der Waals surface area contributed by atoms with Gasteiger partial charge < -0.3 is 14.7 Å². The van der Waals surface area contributed by atoms with Gasteiger partial charge in [0.1, 0.15) is 5.76 Å². The van der Waals surface area contributed by atoms with Crippen LogP contribution in [-0.2, 0) is 4.74 Å². The fourth-order valence-corrected chi connectivity index (χ4v) is 2.55. The number of hydrogen-bond donors (Lipinski definition) is 1. The molecule has 0 atom stereocenters. The summed E-state index contributed by atoms with van der Waals surface area (Å²) in [5, 5.41) is 10.7. The molecule has 0 unspecified atom stereocenters. The van der Waals surface area contributed by atoms with E-state index in [1.165, 1.54) is 0 Å². The smallest absolute Gasteiger partial charge is 0.147 e. The molecule has 22 heavy (non-hydrogen) atoms. The Hall–Kier alpha value is -2.00. The average molecular weight is 300 g/mol. The van der Waals surface area contributed by atoms with Crippen LogP contribution >= 0.6 is 0 Å². The number of hydrogen-bond acceptors (Lipinski definition) is 4. The van der Waals surface area contributed by atoms with Crippen LogP contribution in [0.15, 0.2) is 53.9 Å². The quantitative estimate of drug-likeness (QED) is 0.515. The highest BCUT2D eigenvalue weighted by atomic mass is 16.5. The monoisotopic (exact) mass is 300 g/mol. The number of aliphatic hydroxyl groups excluding tert-OH is 1. The molecule has 0 bridgehead atoms. The van der Waals surface area contributed by atoms with Crippen molar-refractivity contribution >= 4 is 5.76 Å². The lowest BCUT2D eigenvalue weighted by molar-refractivity contribution is 0.0422. The van der Waals surface area contributed by atoms with Gasteiger partial charge in [-0.1, -0.05) is 36.9 Å². The zero-order valence-electron chi connectivity index (χ0n) is 13.4. The van der Waals surface area contributed by atoms with Gasteiger partial charge in [-0.15, -0.1) is 5.73 Å². The predicted octanol–water partition coefficient (Wildman–Crippen LogP) is 2.52. The van der Waals surface area contributed by atoms with Crippen LogP contribution < -0.4 is 0 Å². The van der Waals surface area contributed by atoms with E-state index in [4.69, 9.17) is 4.74 Å². The van der Waals surface area contributed by atoms with Gasteiger partial charge in [-0.3, -0.25) is 4.90 Å². The molecule has 1 aliphatic heterocycles. The number of likely N-dealkylation sites (N-methyl/N-ethyl adjacent to an activating group) is 1. The van der Waals surface area contributed by atoms with Crippen LogP contribution in [0, 0.1) is 0 Å². The summed E-state index contributed by atoms with van der Waals surface area (Å²) < 4.78 is 5.38. The van der Waals surface area contributed by atoms with E-state index in [0.29, 0.717) is 6.54 Å². The summed E-state index contributed by atoms with van der Waals surface area (Å²) in [7, 11) is 3.84. The number of ether oxygens (including phenoxy) is 1. The summed E-state index contributed by atoms with van der Waals surface area (Å²) in [5.41, 5.74) is 5.45. The van der Waals surface area contributed by atoms with Gasteiger partial charge in [-0.25, -0.2) is 0 Å². The molecule has 4 nitrogen and oxygen atoms in total. The summed E-state index contributed by atoms with van der Waals surface area (Å²) >= 11 is 0. The minimum atomic E-state index is 0.255. The SMILES string of the molecule is C=C=C(CN1CCOCC1)/C(=C(\O)c1ccccc1)N(C)C. The van der Waals surface area contributed by atoms with Crippen molar-refractivity contribution in [3.05, 3.63) is 59.5 Å². The molecule has 0 saturated carbocycles. The molecule has 2 rings (SSSR count). The van der Waals surface area contributed by atoms with E-state index in [1.54, 1.807) is 0 Å². The van der Waals surface area contributed by atoms with Gasteiger partial charge in [-0.05, 0) is 0 Å². The van der Waals surface area contributed by atoms with Crippen LogP contribution in [0.5, 0.6) is 0 Å². The molecule has 1 aliphatic rings. The molecule has 1 N–H and O–H groups in total. The molecule has 1 fully saturated rings. The van der Waals surface area contributed by atoms with Crippen LogP contribution in [0.3, 0.4) is 0 Å². The topological polar surface area (TPSA) is 35.9 Å². The highest BCUT2D eigenvalue weighted by Crippen LogP contribution is 2.23. The molecule has 1 aromatic carbocycles. The first-order valence-corrected chi connectivity index (χ1v) is 7.49. The van der Waals surface area contributed by atoms with Crippen molar-refractivity contribution in [2.45, 2.75) is 0 Å². The Morgan fingerprint density at radius 2 is 1.91 bits per heavy atom. The molecule has 4 heteroatoms. The van der Waals surface area contributed by atoms with Gasteiger partial charge in [-0.2, -0.15) is 0 Å². The van der Waals surface area contributed by atoms with Crippen LogP contribution in [0.4, 0.5) is 0 Å². The zero-order valence-corrected chi connectivity index (χ0v) is 13.4. The predicted molar refractivity (Wildman–Crippen MR) is 89.6 cm³/mol. The van der Waals surface area contributed by atoms with Gasteiger partial charge in [0.2, 0.25) is 0 Å². The van der Waals surface area contributed by atoms with Gasteiger partial charge in [0, 0.05) is 44.9 Å². The Morgan fingerprint density at radius 3 is 2.45 bits per heavy atom. The summed E-state index contributed by atoms with van der Waals surface area (Å²) in [6.45, 7) is 7.79. The second-order valence-corrected chi connectivity index (χ2v) is 5.50. The highest BCUT2D eigenvalue weighted by molar-refractivity contribution is 5.65. The average Bonchev–Trinajstić information content (AvgIpc) is 2.55. The molecule has 1 heterocycles. The summed E-state index contributed by atoms with van der Waals surface area (Å²) in [6, 6.07) is 9.56. The van der Waals surface area contributed by atoms with Crippen molar-refractivity contribution in [3.8, 4) is 0 Å². The van der Waals surface area contributed by atoms with Crippen molar-refractivity contribution < 1.29 is 9.84 Å². The number of rotatable bonds is 5. The maximum atomic E-state index is 10.7. The Morgan fingerprint density at radius 1 is 1.27 bits per heavy atom. The van der Waals surface area contributed by atoms with Crippen LogP contribution in [0.2, 0.25) is 0 Å².